The molecule has 0 aliphatic heterocycles. The number of benzene rings is 2. The number of rotatable bonds is 5. The van der Waals surface area contributed by atoms with Gasteiger partial charge in [-0.1, -0.05) is 0 Å². The van der Waals surface area contributed by atoms with Crippen LogP contribution in [-0.2, 0) is 0 Å². The van der Waals surface area contributed by atoms with E-state index in [4.69, 9.17) is 15.6 Å². The molecule has 138 valence electrons. The van der Waals surface area contributed by atoms with Gasteiger partial charge in [0.2, 0.25) is 0 Å². The summed E-state index contributed by atoms with van der Waals surface area (Å²) in [7, 11) is 0. The Morgan fingerprint density at radius 3 is 2.57 bits per heavy atom. The first kappa shape index (κ1) is 17.2. The normalized spacial score (nSPS) is 10.9. The van der Waals surface area contributed by atoms with Gasteiger partial charge in [0.25, 0.3) is 11.5 Å². The Morgan fingerprint density at radius 2 is 1.89 bits per heavy atom. The highest BCUT2D eigenvalue weighted by Crippen LogP contribution is 2.25. The Labute approximate surface area is 157 Å². The third-order valence-corrected chi connectivity index (χ3v) is 4.20. The molecule has 0 amide bonds. The van der Waals surface area contributed by atoms with Crippen molar-refractivity contribution in [2.45, 2.75) is 0 Å². The lowest BCUT2D eigenvalue weighted by Gasteiger charge is -1.97. The van der Waals surface area contributed by atoms with Crippen molar-refractivity contribution in [3.05, 3.63) is 81.9 Å². The number of non-ortho nitro benzene ring substituents is 1. The minimum absolute atomic E-state index is 0.0289. The van der Waals surface area contributed by atoms with Crippen LogP contribution in [0.1, 0.15) is 21.9 Å². The minimum Gasteiger partial charge on any atom is -0.452 e. The number of imidazole rings is 1. The van der Waals surface area contributed by atoms with Gasteiger partial charge in [-0.15, -0.1) is 0 Å². The Balaban J connectivity index is 1.63. The summed E-state index contributed by atoms with van der Waals surface area (Å²) in [6, 6.07) is 13.9. The lowest BCUT2D eigenvalue weighted by atomic mass is 10.1. The lowest BCUT2D eigenvalue weighted by molar-refractivity contribution is -0.384. The van der Waals surface area contributed by atoms with E-state index in [0.717, 1.165) is 0 Å². The number of hydrogen-bond acceptors (Lipinski definition) is 6. The number of nitrogens with zero attached hydrogens (tertiary/aromatic N) is 2. The van der Waals surface area contributed by atoms with E-state index in [1.54, 1.807) is 36.4 Å². The second-order valence-electron chi connectivity index (χ2n) is 6.03. The fourth-order valence-electron chi connectivity index (χ4n) is 2.76. The quantitative estimate of drug-likeness (QED) is 0.160. The molecule has 0 atom stereocenters. The summed E-state index contributed by atoms with van der Waals surface area (Å²) in [5.41, 5.74) is 7.73. The molecular formula is C19H13N5O4. The average Bonchev–Trinajstić information content (AvgIpc) is 3.34. The van der Waals surface area contributed by atoms with Crippen LogP contribution in [0.5, 0.6) is 0 Å². The van der Waals surface area contributed by atoms with Crippen LogP contribution >= 0.6 is 0 Å². The smallest absolute Gasteiger partial charge is 0.269 e. The van der Waals surface area contributed by atoms with E-state index in [1.165, 1.54) is 18.2 Å². The topological polar surface area (TPSA) is 152 Å². The molecule has 9 heteroatoms. The number of H-pyrrole nitrogens is 1. The first-order valence-corrected chi connectivity index (χ1v) is 8.16. The first-order chi connectivity index (χ1) is 13.4. The number of nitro groups is 1. The van der Waals surface area contributed by atoms with Crippen molar-refractivity contribution < 1.29 is 14.1 Å². The average molecular weight is 375 g/mol. The third-order valence-electron chi connectivity index (χ3n) is 4.20. The Kier molecular flexibility index (Phi) is 3.96. The van der Waals surface area contributed by atoms with E-state index in [2.05, 4.69) is 9.97 Å². The summed E-state index contributed by atoms with van der Waals surface area (Å²) in [6.07, 6.45) is 0. The second kappa shape index (κ2) is 6.47. The highest BCUT2D eigenvalue weighted by molar-refractivity contribution is 6.07. The zero-order valence-electron chi connectivity index (χ0n) is 14.3. The Hall–Kier alpha value is -4.27. The van der Waals surface area contributed by atoms with Crippen LogP contribution in [0.2, 0.25) is 0 Å². The number of fused-ring (bicyclic) bond motifs is 1. The SMILES string of the molecule is N=C(N)c1ccc2nc(C(=O)c3ccc(-c4ccc([N+](=O)[O-])cc4)o3)[nH]c2c1. The van der Waals surface area contributed by atoms with Gasteiger partial charge >= 0.3 is 0 Å². The van der Waals surface area contributed by atoms with E-state index in [0.29, 0.717) is 27.9 Å². The highest BCUT2D eigenvalue weighted by atomic mass is 16.6. The predicted octanol–water partition coefficient (Wildman–Crippen LogP) is 3.25. The lowest BCUT2D eigenvalue weighted by Crippen LogP contribution is -2.10. The summed E-state index contributed by atoms with van der Waals surface area (Å²) in [6.45, 7) is 0. The molecule has 0 unspecified atom stereocenters. The number of carbonyl (C=O) groups is 1. The Morgan fingerprint density at radius 1 is 1.14 bits per heavy atom. The molecule has 28 heavy (non-hydrogen) atoms. The molecule has 2 heterocycles. The maximum atomic E-state index is 12.7. The number of carbonyl (C=O) groups excluding carboxylic acids is 1. The highest BCUT2D eigenvalue weighted by Gasteiger charge is 2.19. The fraction of sp³-hybridized carbons (Fsp3) is 0. The van der Waals surface area contributed by atoms with E-state index in [-0.39, 0.29) is 23.1 Å². The molecule has 4 rings (SSSR count). The van der Waals surface area contributed by atoms with Crippen LogP contribution in [0.3, 0.4) is 0 Å². The molecule has 0 saturated heterocycles. The van der Waals surface area contributed by atoms with E-state index in [1.807, 2.05) is 0 Å². The molecule has 0 fully saturated rings. The van der Waals surface area contributed by atoms with Gasteiger partial charge in [-0.3, -0.25) is 20.3 Å². The van der Waals surface area contributed by atoms with Crippen molar-refractivity contribution in [1.29, 1.82) is 5.41 Å². The molecule has 2 aromatic heterocycles. The van der Waals surface area contributed by atoms with Crippen LogP contribution < -0.4 is 5.73 Å². The van der Waals surface area contributed by atoms with Crippen molar-refractivity contribution in [3.63, 3.8) is 0 Å². The molecule has 2 aromatic carbocycles. The largest absolute Gasteiger partial charge is 0.452 e. The number of furan rings is 1. The van der Waals surface area contributed by atoms with Gasteiger partial charge in [-0.25, -0.2) is 4.98 Å². The molecule has 4 N–H and O–H groups in total. The second-order valence-corrected chi connectivity index (χ2v) is 6.03. The van der Waals surface area contributed by atoms with Crippen LogP contribution in [0.4, 0.5) is 5.69 Å². The maximum absolute atomic E-state index is 12.7. The van der Waals surface area contributed by atoms with Crippen molar-refractivity contribution in [2.75, 3.05) is 0 Å². The molecule has 0 bridgehead atoms. The van der Waals surface area contributed by atoms with Crippen LogP contribution in [0.15, 0.2) is 59.0 Å². The van der Waals surface area contributed by atoms with Crippen molar-refractivity contribution in [1.82, 2.24) is 9.97 Å². The number of amidine groups is 1. The summed E-state index contributed by atoms with van der Waals surface area (Å²) in [5.74, 6) is 0.0737. The molecule has 0 spiro atoms. The van der Waals surface area contributed by atoms with Crippen molar-refractivity contribution >= 4 is 28.3 Å². The first-order valence-electron chi connectivity index (χ1n) is 8.16. The molecule has 0 saturated carbocycles. The zero-order chi connectivity index (χ0) is 19.8. The Bertz CT molecular complexity index is 1240. The third kappa shape index (κ3) is 3.01. The van der Waals surface area contributed by atoms with Crippen LogP contribution in [0, 0.1) is 15.5 Å². The van der Waals surface area contributed by atoms with Gasteiger partial charge in [-0.05, 0) is 42.5 Å². The number of hydrogen-bond donors (Lipinski definition) is 3. The summed E-state index contributed by atoms with van der Waals surface area (Å²) >= 11 is 0. The predicted molar refractivity (Wildman–Crippen MR) is 101 cm³/mol. The van der Waals surface area contributed by atoms with Crippen molar-refractivity contribution in [3.8, 4) is 11.3 Å². The number of aromatic nitrogens is 2. The monoisotopic (exact) mass is 375 g/mol. The minimum atomic E-state index is -0.486. The number of nitrogens with two attached hydrogens (primary N) is 1. The summed E-state index contributed by atoms with van der Waals surface area (Å²) in [4.78, 5) is 30.1. The van der Waals surface area contributed by atoms with Gasteiger partial charge in [0.1, 0.15) is 11.6 Å². The van der Waals surface area contributed by atoms with E-state index >= 15 is 0 Å². The molecule has 4 aromatic rings. The fourth-order valence-corrected chi connectivity index (χ4v) is 2.76. The van der Waals surface area contributed by atoms with Gasteiger partial charge in [0.05, 0.1) is 16.0 Å². The van der Waals surface area contributed by atoms with Gasteiger partial charge in [0.15, 0.2) is 11.6 Å². The van der Waals surface area contributed by atoms with Gasteiger partial charge in [-0.2, -0.15) is 0 Å². The molecule has 0 radical (unpaired) electrons. The number of nitrogens with one attached hydrogen (secondary N) is 2. The van der Waals surface area contributed by atoms with E-state index < -0.39 is 10.7 Å². The van der Waals surface area contributed by atoms with Crippen LogP contribution in [0.25, 0.3) is 22.4 Å². The standard InChI is InChI=1S/C19H13N5O4/c20-18(21)11-3-6-13-14(9-11)23-19(22-13)17(25)16-8-7-15(28-16)10-1-4-12(5-2-10)24(26)27/h1-9H,(H3,20,21)(H,22,23). The number of ketones is 1. The number of nitrogen functional groups attached to an aromatic ring is 1. The zero-order valence-corrected chi connectivity index (χ0v) is 14.3. The number of nitro benzene ring substituents is 1. The van der Waals surface area contributed by atoms with Crippen LogP contribution in [-0.4, -0.2) is 26.5 Å². The van der Waals surface area contributed by atoms with Crippen molar-refractivity contribution in [2.24, 2.45) is 5.73 Å². The maximum Gasteiger partial charge on any atom is 0.269 e. The molecule has 0 aliphatic carbocycles. The number of aromatic amines is 1. The summed E-state index contributed by atoms with van der Waals surface area (Å²) in [5, 5.41) is 18.2. The van der Waals surface area contributed by atoms with E-state index in [9.17, 15) is 14.9 Å². The van der Waals surface area contributed by atoms with Gasteiger partial charge < -0.3 is 15.1 Å². The van der Waals surface area contributed by atoms with Gasteiger partial charge in [0, 0.05) is 23.3 Å². The molecule has 9 nitrogen and oxygen atoms in total. The summed E-state index contributed by atoms with van der Waals surface area (Å²) < 4.78 is 5.61. The molecular weight excluding hydrogens is 362 g/mol. The molecule has 0 aliphatic rings.